The van der Waals surface area contributed by atoms with Gasteiger partial charge in [0.25, 0.3) is 17.7 Å². The van der Waals surface area contributed by atoms with Gasteiger partial charge in [-0.15, -0.1) is 0 Å². The second kappa shape index (κ2) is 18.2. The summed E-state index contributed by atoms with van der Waals surface area (Å²) in [6.45, 7) is 14.8. The van der Waals surface area contributed by atoms with Gasteiger partial charge in [-0.3, -0.25) is 19.3 Å². The molecule has 18 heteroatoms. The van der Waals surface area contributed by atoms with Crippen LogP contribution in [0.1, 0.15) is 168 Å². The molecule has 356 valence electrons. The highest BCUT2D eigenvalue weighted by Gasteiger charge is 2.44. The molecule has 3 atom stereocenters. The number of nitrogens with zero attached hydrogens (tertiary/aromatic N) is 4. The number of β-amino-alcohol motifs (C(OH)–C–C–N with tert-alkyl or cyclic N) is 1. The molecule has 3 amide bonds. The van der Waals surface area contributed by atoms with Crippen molar-refractivity contribution >= 4 is 17.7 Å². The second-order valence-corrected chi connectivity index (χ2v) is 18.6. The van der Waals surface area contributed by atoms with E-state index in [0.717, 1.165) is 25.0 Å². The molecule has 3 aromatic rings. The van der Waals surface area contributed by atoms with E-state index in [1.807, 2.05) is 25.7 Å². The number of likely N-dealkylation sites (tertiary alicyclic amines) is 1. The van der Waals surface area contributed by atoms with Crippen LogP contribution in [-0.4, -0.2) is 84.4 Å². The van der Waals surface area contributed by atoms with Crippen LogP contribution in [-0.2, 0) is 44.7 Å². The minimum absolute atomic E-state index is 0.000211. The summed E-state index contributed by atoms with van der Waals surface area (Å²) in [5.74, 6) is -0.833. The Morgan fingerprint density at radius 2 is 1.00 bits per heavy atom. The Labute approximate surface area is 372 Å². The van der Waals surface area contributed by atoms with E-state index in [-0.39, 0.29) is 100 Å². The lowest BCUT2D eigenvalue weighted by molar-refractivity contribution is -0.139. The van der Waals surface area contributed by atoms with Crippen molar-refractivity contribution in [3.63, 3.8) is 0 Å². The molecule has 1 aliphatic carbocycles. The molecule has 8 rings (SSSR count). The molecule has 2 fully saturated rings. The number of benzene rings is 3. The van der Waals surface area contributed by atoms with Crippen LogP contribution >= 0.6 is 0 Å². The first-order valence-electron chi connectivity index (χ1n) is 21.7. The van der Waals surface area contributed by atoms with E-state index in [1.165, 1.54) is 33.8 Å². The number of fused-ring (bicyclic) bond motifs is 3. The van der Waals surface area contributed by atoms with Gasteiger partial charge in [0.1, 0.15) is 0 Å². The molecule has 1 saturated carbocycles. The van der Waals surface area contributed by atoms with E-state index in [4.69, 9.17) is 0 Å². The Morgan fingerprint density at radius 1 is 0.600 bits per heavy atom. The van der Waals surface area contributed by atoms with Gasteiger partial charge >= 0.3 is 18.5 Å². The monoisotopic (exact) mass is 926 g/mol. The van der Waals surface area contributed by atoms with Crippen molar-refractivity contribution < 1.29 is 64.1 Å². The normalized spacial score (nSPS) is 20.4. The average molecular weight is 927 g/mol. The van der Waals surface area contributed by atoms with Crippen LogP contribution in [0.2, 0.25) is 0 Å². The Balaban J connectivity index is 0.000000163. The molecule has 2 N–H and O–H groups in total. The zero-order valence-electron chi connectivity index (χ0n) is 37.5. The first kappa shape index (κ1) is 49.7. The standard InChI is InChI=1S/C18H23F3N2O2.C15H16F3NO.C14H16F3NO2/c1-10(2)23-9-15-14(17(23)25)5-12(6-16(15)18(19,20)21)7-22-8-13(24)4-11(22)3;1-8(2)19-7-12-11(14(19)20)5-10(9-3-4-9)6-13(12)15(16,17)18;1-7(2)18-6-11-10(13(18)20)4-9(8(3)19)5-12(11)14(15,16)17/h5-6,10-11,13,24H,4,7-9H2,1-3H3;5-6,8-9H,3-4,7H2,1-2H3;4-5,7-8,19H,6H2,1-3H3. The first-order chi connectivity index (χ1) is 30.0. The van der Waals surface area contributed by atoms with Gasteiger partial charge in [0.2, 0.25) is 0 Å². The molecule has 0 radical (unpaired) electrons. The average Bonchev–Trinajstić information content (AvgIpc) is 3.67. The first-order valence-corrected chi connectivity index (χ1v) is 21.7. The van der Waals surface area contributed by atoms with Crippen molar-refractivity contribution in [1.82, 2.24) is 19.6 Å². The lowest BCUT2D eigenvalue weighted by Crippen LogP contribution is -2.30. The molecule has 4 heterocycles. The number of amides is 3. The van der Waals surface area contributed by atoms with Crippen LogP contribution in [0.4, 0.5) is 39.5 Å². The number of aliphatic hydroxyl groups excluding tert-OH is 2. The lowest BCUT2D eigenvalue weighted by atomic mass is 9.97. The van der Waals surface area contributed by atoms with Crippen molar-refractivity contribution in [3.05, 3.63) is 103 Å². The van der Waals surface area contributed by atoms with E-state index in [2.05, 4.69) is 0 Å². The van der Waals surface area contributed by atoms with Gasteiger partial charge in [0, 0.05) is 73.6 Å². The summed E-state index contributed by atoms with van der Waals surface area (Å²) in [6, 6.07) is 7.63. The van der Waals surface area contributed by atoms with Gasteiger partial charge in [-0.05, 0) is 150 Å². The fraction of sp³-hybridized carbons (Fsp3) is 0.553. The molecule has 9 nitrogen and oxygen atoms in total. The molecule has 3 aromatic carbocycles. The van der Waals surface area contributed by atoms with E-state index in [0.29, 0.717) is 30.6 Å². The van der Waals surface area contributed by atoms with Crippen LogP contribution in [0, 0.1) is 0 Å². The van der Waals surface area contributed by atoms with E-state index in [1.54, 1.807) is 39.8 Å². The zero-order valence-corrected chi connectivity index (χ0v) is 37.5. The third-order valence-electron chi connectivity index (χ3n) is 12.7. The van der Waals surface area contributed by atoms with Gasteiger partial charge in [0.15, 0.2) is 0 Å². The maximum atomic E-state index is 13.5. The highest BCUT2D eigenvalue weighted by Crippen LogP contribution is 2.46. The molecule has 5 aliphatic rings. The quantitative estimate of drug-likeness (QED) is 0.229. The van der Waals surface area contributed by atoms with Crippen molar-refractivity contribution in [2.24, 2.45) is 0 Å². The molecule has 4 aliphatic heterocycles. The Kier molecular flexibility index (Phi) is 13.9. The molecule has 0 spiro atoms. The van der Waals surface area contributed by atoms with Crippen LogP contribution in [0.3, 0.4) is 0 Å². The molecule has 1 saturated heterocycles. The van der Waals surface area contributed by atoms with Crippen LogP contribution in [0.25, 0.3) is 0 Å². The van der Waals surface area contributed by atoms with Gasteiger partial charge in [0.05, 0.1) is 28.9 Å². The SMILES string of the molecule is CC(C)N1Cc2c(cc(C3CC3)cc2C(F)(F)F)C1=O.CC(O)c1cc2c(c(C(F)(F)F)c1)CN(C(C)C)C2=O.CC1CC(O)CN1Cc1cc2c(c(C(F)(F)F)c1)CN(C(C)C)C2=O. The summed E-state index contributed by atoms with van der Waals surface area (Å²) in [7, 11) is 0. The number of halogens is 9. The van der Waals surface area contributed by atoms with Gasteiger partial charge in [-0.2, -0.15) is 39.5 Å². The fourth-order valence-electron chi connectivity index (χ4n) is 8.91. The fourth-order valence-corrected chi connectivity index (χ4v) is 8.91. The summed E-state index contributed by atoms with van der Waals surface area (Å²) in [5.41, 5.74) is -0.285. The molecule has 0 bridgehead atoms. The number of carbonyl (C=O) groups is 3. The van der Waals surface area contributed by atoms with Crippen molar-refractivity contribution in [1.29, 1.82) is 0 Å². The number of hydrogen-bond acceptors (Lipinski definition) is 6. The van der Waals surface area contributed by atoms with E-state index < -0.39 is 53.3 Å². The summed E-state index contributed by atoms with van der Waals surface area (Å²) < 4.78 is 120. The van der Waals surface area contributed by atoms with E-state index >= 15 is 0 Å². The van der Waals surface area contributed by atoms with Crippen molar-refractivity contribution in [3.8, 4) is 0 Å². The molecule has 3 unspecified atom stereocenters. The topological polar surface area (TPSA) is 105 Å². The minimum Gasteiger partial charge on any atom is -0.392 e. The maximum absolute atomic E-state index is 13.5. The molecule has 65 heavy (non-hydrogen) atoms. The highest BCUT2D eigenvalue weighted by atomic mass is 19.4. The van der Waals surface area contributed by atoms with Crippen molar-refractivity contribution in [2.45, 2.75) is 162 Å². The zero-order chi connectivity index (χ0) is 48.4. The Bertz CT molecular complexity index is 2220. The summed E-state index contributed by atoms with van der Waals surface area (Å²) >= 11 is 0. The Morgan fingerprint density at radius 3 is 1.37 bits per heavy atom. The largest absolute Gasteiger partial charge is 0.416 e. The van der Waals surface area contributed by atoms with Crippen LogP contribution in [0.5, 0.6) is 0 Å². The predicted octanol–water partition coefficient (Wildman–Crippen LogP) is 10.1. The van der Waals surface area contributed by atoms with Gasteiger partial charge < -0.3 is 24.9 Å². The van der Waals surface area contributed by atoms with Gasteiger partial charge in [-0.25, -0.2) is 0 Å². The summed E-state index contributed by atoms with van der Waals surface area (Å²) in [5, 5.41) is 19.3. The lowest BCUT2D eigenvalue weighted by Gasteiger charge is -2.22. The predicted molar refractivity (Wildman–Crippen MR) is 222 cm³/mol. The number of hydrogen-bond donors (Lipinski definition) is 2. The molecule has 0 aromatic heterocycles. The van der Waals surface area contributed by atoms with Crippen LogP contribution in [0.15, 0.2) is 36.4 Å². The molecular weight excluding hydrogens is 872 g/mol. The second-order valence-electron chi connectivity index (χ2n) is 18.6. The van der Waals surface area contributed by atoms with Gasteiger partial charge in [-0.1, -0.05) is 0 Å². The Hall–Kier alpha value is -4.68. The third-order valence-corrected chi connectivity index (χ3v) is 12.7. The van der Waals surface area contributed by atoms with Crippen LogP contribution < -0.4 is 0 Å². The molecular formula is C47H55F9N4O5. The number of alkyl halides is 9. The summed E-state index contributed by atoms with van der Waals surface area (Å²) in [4.78, 5) is 43.3. The summed E-state index contributed by atoms with van der Waals surface area (Å²) in [6.07, 6.45) is -12.5. The van der Waals surface area contributed by atoms with E-state index in [9.17, 15) is 64.1 Å². The number of rotatable bonds is 7. The number of carbonyl (C=O) groups excluding carboxylic acids is 3. The van der Waals surface area contributed by atoms with Crippen molar-refractivity contribution in [2.75, 3.05) is 6.54 Å². The smallest absolute Gasteiger partial charge is 0.392 e. The maximum Gasteiger partial charge on any atom is 0.416 e. The highest BCUT2D eigenvalue weighted by molar-refractivity contribution is 6.00. The minimum atomic E-state index is -4.54. The number of aliphatic hydroxyl groups is 2. The third kappa shape index (κ3) is 10.5.